The number of carbonyl (C=O) groups excluding carboxylic acids is 1. The first-order valence-electron chi connectivity index (χ1n) is 6.49. The second-order valence-corrected chi connectivity index (χ2v) is 8.35. The Labute approximate surface area is 142 Å². The van der Waals surface area contributed by atoms with Crippen molar-refractivity contribution >= 4 is 53.2 Å². The Bertz CT molecular complexity index is 620. The number of hydrogen-bond donors (Lipinski definition) is 1. The highest BCUT2D eigenvalue weighted by Crippen LogP contribution is 2.31. The Balaban J connectivity index is 2.88. The van der Waals surface area contributed by atoms with Gasteiger partial charge < -0.3 is 5.32 Å². The van der Waals surface area contributed by atoms with Crippen molar-refractivity contribution in [1.82, 2.24) is 5.32 Å². The molecule has 21 heavy (non-hydrogen) atoms. The van der Waals surface area contributed by atoms with E-state index in [-0.39, 0.29) is 15.5 Å². The largest absolute Gasteiger partial charge is 0.352 e. The molecule has 1 aromatic carbocycles. The van der Waals surface area contributed by atoms with Gasteiger partial charge in [-0.2, -0.15) is 0 Å². The van der Waals surface area contributed by atoms with E-state index in [1.54, 1.807) is 0 Å². The van der Waals surface area contributed by atoms with Crippen molar-refractivity contribution in [3.05, 3.63) is 27.2 Å². The number of nitrogens with one attached hydrogen (secondary N) is 1. The van der Waals surface area contributed by atoms with Gasteiger partial charge in [0.05, 0.1) is 10.6 Å². The van der Waals surface area contributed by atoms with E-state index in [2.05, 4.69) is 28.2 Å². The molecule has 8 heteroatoms. The maximum absolute atomic E-state index is 12.1. The molecular formula is C13H16BrCl2NO3S. The zero-order valence-electron chi connectivity index (χ0n) is 11.5. The van der Waals surface area contributed by atoms with Crippen molar-refractivity contribution in [2.45, 2.75) is 37.5 Å². The minimum absolute atomic E-state index is 0.0840. The van der Waals surface area contributed by atoms with Crippen LogP contribution < -0.4 is 5.32 Å². The Morgan fingerprint density at radius 3 is 2.52 bits per heavy atom. The first-order chi connectivity index (χ1) is 9.77. The summed E-state index contributed by atoms with van der Waals surface area (Å²) < 4.78 is 23.3. The lowest BCUT2D eigenvalue weighted by molar-refractivity contribution is 0.0953. The summed E-state index contributed by atoms with van der Waals surface area (Å²) in [6, 6.07) is 2.73. The second-order valence-electron chi connectivity index (χ2n) is 4.52. The van der Waals surface area contributed by atoms with Crippen molar-refractivity contribution in [2.75, 3.05) is 6.54 Å². The summed E-state index contributed by atoms with van der Waals surface area (Å²) in [5, 5.41) is 2.56. The third-order valence-corrected chi connectivity index (χ3v) is 5.15. The third kappa shape index (κ3) is 5.77. The smallest absolute Gasteiger partial charge is 0.262 e. The Morgan fingerprint density at radius 1 is 1.29 bits per heavy atom. The van der Waals surface area contributed by atoms with E-state index >= 15 is 0 Å². The fraction of sp³-hybridized carbons (Fsp3) is 0.462. The lowest BCUT2D eigenvalue weighted by Crippen LogP contribution is -2.25. The molecular weight excluding hydrogens is 401 g/mol. The van der Waals surface area contributed by atoms with Crippen LogP contribution in [0.4, 0.5) is 0 Å². The first-order valence-corrected chi connectivity index (χ1v) is 9.97. The summed E-state index contributed by atoms with van der Waals surface area (Å²) in [5.41, 5.74) is 0.0840. The van der Waals surface area contributed by atoms with Gasteiger partial charge in [0.15, 0.2) is 0 Å². The molecule has 0 atom stereocenters. The van der Waals surface area contributed by atoms with Crippen molar-refractivity contribution < 1.29 is 13.2 Å². The molecule has 4 nitrogen and oxygen atoms in total. The zero-order chi connectivity index (χ0) is 16.0. The minimum Gasteiger partial charge on any atom is -0.352 e. The number of carbonyl (C=O) groups is 1. The van der Waals surface area contributed by atoms with Crippen LogP contribution in [0.1, 0.15) is 43.0 Å². The van der Waals surface area contributed by atoms with Gasteiger partial charge in [0.2, 0.25) is 0 Å². The highest BCUT2D eigenvalue weighted by Gasteiger charge is 2.21. The fourth-order valence-corrected chi connectivity index (χ4v) is 3.94. The van der Waals surface area contributed by atoms with E-state index in [0.29, 0.717) is 11.0 Å². The summed E-state index contributed by atoms with van der Waals surface area (Å²) >= 11 is 9.13. The maximum atomic E-state index is 12.1. The summed E-state index contributed by atoms with van der Waals surface area (Å²) in [6.45, 7) is 2.62. The molecule has 0 heterocycles. The molecule has 0 saturated carbocycles. The summed E-state index contributed by atoms with van der Waals surface area (Å²) in [6.07, 6.45) is 4.13. The van der Waals surface area contributed by atoms with Crippen molar-refractivity contribution in [3.8, 4) is 0 Å². The molecule has 0 fully saturated rings. The van der Waals surface area contributed by atoms with E-state index in [0.717, 1.165) is 25.7 Å². The number of halogens is 3. The minimum atomic E-state index is -4.01. The molecule has 1 rings (SSSR count). The number of hydrogen-bond acceptors (Lipinski definition) is 3. The number of rotatable bonds is 7. The average Bonchev–Trinajstić information content (AvgIpc) is 2.39. The van der Waals surface area contributed by atoms with Crippen molar-refractivity contribution in [3.63, 3.8) is 0 Å². The molecule has 0 saturated heterocycles. The zero-order valence-corrected chi connectivity index (χ0v) is 15.4. The van der Waals surface area contributed by atoms with E-state index in [4.69, 9.17) is 22.3 Å². The van der Waals surface area contributed by atoms with Crippen molar-refractivity contribution in [2.24, 2.45) is 0 Å². The lowest BCUT2D eigenvalue weighted by Gasteiger charge is -2.09. The fourth-order valence-electron chi connectivity index (χ4n) is 1.76. The molecule has 0 aliphatic rings. The molecule has 0 unspecified atom stereocenters. The number of unbranched alkanes of at least 4 members (excludes halogenated alkanes) is 3. The van der Waals surface area contributed by atoms with E-state index in [1.807, 2.05) is 0 Å². The van der Waals surface area contributed by atoms with Crippen LogP contribution in [0.5, 0.6) is 0 Å². The molecule has 1 amide bonds. The van der Waals surface area contributed by atoms with Crippen LogP contribution in [-0.2, 0) is 9.05 Å². The maximum Gasteiger partial charge on any atom is 0.262 e. The normalized spacial score (nSPS) is 11.4. The van der Waals surface area contributed by atoms with Gasteiger partial charge in [-0.1, -0.05) is 53.7 Å². The quantitative estimate of drug-likeness (QED) is 0.531. The molecule has 0 radical (unpaired) electrons. The predicted molar refractivity (Wildman–Crippen MR) is 88.7 cm³/mol. The van der Waals surface area contributed by atoms with E-state index in [9.17, 15) is 13.2 Å². The van der Waals surface area contributed by atoms with Crippen LogP contribution >= 0.6 is 38.2 Å². The van der Waals surface area contributed by atoms with Gasteiger partial charge in [-0.15, -0.1) is 0 Å². The standard InChI is InChI=1S/C13H16BrCl2NO3S/c1-2-3-4-5-6-17-13(18)10-7-9(14)8-11(12(10)15)21(16,19)20/h7-8H,2-6H2,1H3,(H,17,18). The van der Waals surface area contributed by atoms with E-state index < -0.39 is 15.0 Å². The van der Waals surface area contributed by atoms with Crippen LogP contribution in [0.3, 0.4) is 0 Å². The molecule has 1 N–H and O–H groups in total. The third-order valence-electron chi connectivity index (χ3n) is 2.83. The van der Waals surface area contributed by atoms with Gasteiger partial charge >= 0.3 is 0 Å². The van der Waals surface area contributed by atoms with Gasteiger partial charge in [0.25, 0.3) is 15.0 Å². The van der Waals surface area contributed by atoms with Gasteiger partial charge in [0.1, 0.15) is 4.90 Å². The van der Waals surface area contributed by atoms with Gasteiger partial charge in [-0.05, 0) is 18.6 Å². The van der Waals surface area contributed by atoms with Gasteiger partial charge in [-0.3, -0.25) is 4.79 Å². The first kappa shape index (κ1) is 18.7. The topological polar surface area (TPSA) is 63.2 Å². The van der Waals surface area contributed by atoms with Crippen LogP contribution in [0.2, 0.25) is 5.02 Å². The van der Waals surface area contributed by atoms with Gasteiger partial charge in [0, 0.05) is 21.7 Å². The molecule has 0 spiro atoms. The summed E-state index contributed by atoms with van der Waals surface area (Å²) in [4.78, 5) is 11.8. The Kier molecular flexibility index (Phi) is 7.47. The lowest BCUT2D eigenvalue weighted by atomic mass is 10.2. The average molecular weight is 417 g/mol. The predicted octanol–water partition coefficient (Wildman–Crippen LogP) is 4.34. The van der Waals surface area contributed by atoms with Crippen LogP contribution in [0.15, 0.2) is 21.5 Å². The van der Waals surface area contributed by atoms with Crippen LogP contribution in [0, 0.1) is 0 Å². The monoisotopic (exact) mass is 415 g/mol. The van der Waals surface area contributed by atoms with Crippen molar-refractivity contribution in [1.29, 1.82) is 0 Å². The van der Waals surface area contributed by atoms with E-state index in [1.165, 1.54) is 12.1 Å². The summed E-state index contributed by atoms with van der Waals surface area (Å²) in [7, 11) is 1.30. The molecule has 1 aromatic rings. The molecule has 0 aliphatic carbocycles. The molecule has 0 aromatic heterocycles. The number of benzene rings is 1. The number of amides is 1. The SMILES string of the molecule is CCCCCCNC(=O)c1cc(Br)cc(S(=O)(=O)Cl)c1Cl. The van der Waals surface area contributed by atoms with Crippen LogP contribution in [-0.4, -0.2) is 20.9 Å². The van der Waals surface area contributed by atoms with Gasteiger partial charge in [-0.25, -0.2) is 8.42 Å². The molecule has 0 aliphatic heterocycles. The molecule has 0 bridgehead atoms. The highest BCUT2D eigenvalue weighted by molar-refractivity contribution is 9.10. The van der Waals surface area contributed by atoms with Crippen LogP contribution in [0.25, 0.3) is 0 Å². The Hall–Kier alpha value is -0.300. The second kappa shape index (κ2) is 8.36. The molecule has 118 valence electrons. The summed E-state index contributed by atoms with van der Waals surface area (Å²) in [5.74, 6) is -0.417. The Morgan fingerprint density at radius 2 is 1.95 bits per heavy atom. The highest BCUT2D eigenvalue weighted by atomic mass is 79.9.